The number of fused-ring (bicyclic) bond motifs is 1. The van der Waals surface area contributed by atoms with Crippen molar-refractivity contribution in [3.8, 4) is 0 Å². The lowest BCUT2D eigenvalue weighted by molar-refractivity contribution is 0.0452. The van der Waals surface area contributed by atoms with Gasteiger partial charge in [-0.05, 0) is 31.7 Å². The summed E-state index contributed by atoms with van der Waals surface area (Å²) in [6.45, 7) is 6.46. The molecule has 2 heterocycles. The van der Waals surface area contributed by atoms with Crippen molar-refractivity contribution in [1.82, 2.24) is 15.0 Å². The summed E-state index contributed by atoms with van der Waals surface area (Å²) in [5.41, 5.74) is 2.49. The van der Waals surface area contributed by atoms with Crippen LogP contribution in [0.4, 0.5) is 0 Å². The number of rotatable bonds is 4. The third-order valence-corrected chi connectivity index (χ3v) is 5.18. The van der Waals surface area contributed by atoms with E-state index >= 15 is 0 Å². The van der Waals surface area contributed by atoms with E-state index in [0.717, 1.165) is 31.4 Å². The lowest BCUT2D eigenvalue weighted by Gasteiger charge is -2.31. The van der Waals surface area contributed by atoms with Crippen molar-refractivity contribution < 1.29 is 14.4 Å². The van der Waals surface area contributed by atoms with E-state index in [9.17, 15) is 9.90 Å². The fourth-order valence-electron chi connectivity index (χ4n) is 3.62. The van der Waals surface area contributed by atoms with Crippen LogP contribution in [0.15, 0.2) is 10.6 Å². The molecule has 2 atom stereocenters. The number of aromatic nitrogens is 2. The van der Waals surface area contributed by atoms with Crippen LogP contribution < -0.4 is 0 Å². The number of amides is 1. The van der Waals surface area contributed by atoms with Crippen LogP contribution in [-0.4, -0.2) is 45.8 Å². The van der Waals surface area contributed by atoms with Gasteiger partial charge in [0, 0.05) is 25.2 Å². The predicted molar refractivity (Wildman–Crippen MR) is 95.6 cm³/mol. The molecule has 1 aliphatic rings. The predicted octanol–water partition coefficient (Wildman–Crippen LogP) is 3.28. The maximum Gasteiger partial charge on any atom is 0.259 e. The van der Waals surface area contributed by atoms with Crippen LogP contribution in [0, 0.1) is 12.8 Å². The molecule has 2 unspecified atom stereocenters. The Bertz CT molecular complexity index is 769. The van der Waals surface area contributed by atoms with Crippen molar-refractivity contribution in [2.75, 3.05) is 13.6 Å². The van der Waals surface area contributed by atoms with Gasteiger partial charge in [-0.2, -0.15) is 0 Å². The first-order chi connectivity index (χ1) is 11.9. The molecule has 1 N–H and O–H groups in total. The number of carbonyl (C=O) groups excluding carboxylic acids is 1. The summed E-state index contributed by atoms with van der Waals surface area (Å²) in [4.78, 5) is 19.3. The highest BCUT2D eigenvalue weighted by atomic mass is 16.5. The normalized spacial score (nSPS) is 21.0. The van der Waals surface area contributed by atoms with Crippen LogP contribution in [0.5, 0.6) is 0 Å². The largest absolute Gasteiger partial charge is 0.393 e. The second kappa shape index (κ2) is 7.12. The van der Waals surface area contributed by atoms with Gasteiger partial charge in [0.05, 0.1) is 22.7 Å². The average Bonchev–Trinajstić information content (AvgIpc) is 2.96. The van der Waals surface area contributed by atoms with E-state index < -0.39 is 0 Å². The number of carbonyl (C=O) groups is 1. The van der Waals surface area contributed by atoms with E-state index in [-0.39, 0.29) is 23.8 Å². The summed E-state index contributed by atoms with van der Waals surface area (Å²) >= 11 is 0. The minimum Gasteiger partial charge on any atom is -0.393 e. The van der Waals surface area contributed by atoms with Crippen LogP contribution in [0.1, 0.15) is 67.2 Å². The summed E-state index contributed by atoms with van der Waals surface area (Å²) in [6, 6.07) is 1.85. The highest BCUT2D eigenvalue weighted by Crippen LogP contribution is 2.28. The Balaban J connectivity index is 1.91. The molecule has 6 nitrogen and oxygen atoms in total. The molecule has 1 saturated carbocycles. The Labute approximate surface area is 148 Å². The lowest BCUT2D eigenvalue weighted by atomic mass is 9.86. The van der Waals surface area contributed by atoms with E-state index in [2.05, 4.69) is 10.1 Å². The molecule has 0 bridgehead atoms. The van der Waals surface area contributed by atoms with E-state index in [0.29, 0.717) is 28.9 Å². The minimum atomic E-state index is -0.315. The molecular formula is C19H27N3O3. The third-order valence-electron chi connectivity index (χ3n) is 5.18. The molecule has 1 aliphatic carbocycles. The van der Waals surface area contributed by atoms with Crippen molar-refractivity contribution in [2.45, 2.75) is 58.5 Å². The molecular weight excluding hydrogens is 318 g/mol. The zero-order chi connectivity index (χ0) is 18.1. The highest BCUT2D eigenvalue weighted by Gasteiger charge is 2.28. The van der Waals surface area contributed by atoms with Gasteiger partial charge in [-0.25, -0.2) is 4.98 Å². The van der Waals surface area contributed by atoms with Crippen LogP contribution in [0.2, 0.25) is 0 Å². The summed E-state index contributed by atoms with van der Waals surface area (Å²) in [5.74, 6) is 0.262. The number of aryl methyl sites for hydroxylation is 1. The molecule has 0 spiro atoms. The molecule has 136 valence electrons. The fraction of sp³-hybridized carbons (Fsp3) is 0.632. The van der Waals surface area contributed by atoms with Gasteiger partial charge >= 0.3 is 0 Å². The van der Waals surface area contributed by atoms with Crippen molar-refractivity contribution in [1.29, 1.82) is 0 Å². The van der Waals surface area contributed by atoms with E-state index in [1.807, 2.05) is 26.8 Å². The molecule has 2 aromatic rings. The molecule has 3 rings (SSSR count). The first kappa shape index (κ1) is 17.9. The first-order valence-corrected chi connectivity index (χ1v) is 9.09. The van der Waals surface area contributed by atoms with Gasteiger partial charge in [-0.3, -0.25) is 4.79 Å². The standard InChI is InChI=1S/C19H27N3O3/c1-11(2)15-9-14(17-12(3)21-25-18(17)20-15)19(24)22(4)10-13-7-5-6-8-16(13)23/h9,11,13,16,23H,5-8,10H2,1-4H3. The third kappa shape index (κ3) is 3.54. The van der Waals surface area contributed by atoms with Gasteiger partial charge in [0.25, 0.3) is 11.6 Å². The van der Waals surface area contributed by atoms with E-state index in [1.165, 1.54) is 0 Å². The topological polar surface area (TPSA) is 79.5 Å². The van der Waals surface area contributed by atoms with Crippen LogP contribution in [-0.2, 0) is 0 Å². The summed E-state index contributed by atoms with van der Waals surface area (Å²) in [5, 5.41) is 14.9. The molecule has 2 aromatic heterocycles. The molecule has 6 heteroatoms. The maximum absolute atomic E-state index is 13.1. The monoisotopic (exact) mass is 345 g/mol. The summed E-state index contributed by atoms with van der Waals surface area (Å²) in [6.07, 6.45) is 3.66. The summed E-state index contributed by atoms with van der Waals surface area (Å²) in [7, 11) is 1.80. The average molecular weight is 345 g/mol. The van der Waals surface area contributed by atoms with Gasteiger partial charge in [0.2, 0.25) is 0 Å². The number of aliphatic hydroxyl groups is 1. The van der Waals surface area contributed by atoms with Gasteiger partial charge < -0.3 is 14.5 Å². The van der Waals surface area contributed by atoms with E-state index in [4.69, 9.17) is 4.52 Å². The SMILES string of the molecule is Cc1noc2nc(C(C)C)cc(C(=O)N(C)CC3CCCCC3O)c12. The van der Waals surface area contributed by atoms with Gasteiger partial charge in [-0.1, -0.05) is 31.8 Å². The maximum atomic E-state index is 13.1. The van der Waals surface area contributed by atoms with Crippen molar-refractivity contribution in [3.05, 3.63) is 23.0 Å². The van der Waals surface area contributed by atoms with Crippen molar-refractivity contribution in [2.24, 2.45) is 5.92 Å². The number of nitrogens with zero attached hydrogens (tertiary/aromatic N) is 3. The van der Waals surface area contributed by atoms with Gasteiger partial charge in [0.15, 0.2) is 0 Å². The smallest absolute Gasteiger partial charge is 0.259 e. The Morgan fingerprint density at radius 2 is 2.12 bits per heavy atom. The molecule has 0 aromatic carbocycles. The first-order valence-electron chi connectivity index (χ1n) is 9.09. The molecule has 1 fully saturated rings. The fourth-order valence-corrected chi connectivity index (χ4v) is 3.62. The summed E-state index contributed by atoms with van der Waals surface area (Å²) < 4.78 is 5.31. The number of aliphatic hydroxyl groups excluding tert-OH is 1. The number of hydrogen-bond acceptors (Lipinski definition) is 5. The molecule has 0 radical (unpaired) electrons. The Hall–Kier alpha value is -1.95. The second-order valence-electron chi connectivity index (χ2n) is 7.50. The van der Waals surface area contributed by atoms with Crippen LogP contribution in [0.25, 0.3) is 11.1 Å². The Morgan fingerprint density at radius 1 is 1.40 bits per heavy atom. The van der Waals surface area contributed by atoms with E-state index in [1.54, 1.807) is 11.9 Å². The van der Waals surface area contributed by atoms with Gasteiger partial charge in [-0.15, -0.1) is 0 Å². The molecule has 0 saturated heterocycles. The van der Waals surface area contributed by atoms with Gasteiger partial charge in [0.1, 0.15) is 0 Å². The highest BCUT2D eigenvalue weighted by molar-refractivity contribution is 6.06. The van der Waals surface area contributed by atoms with Crippen LogP contribution >= 0.6 is 0 Å². The zero-order valence-electron chi connectivity index (χ0n) is 15.5. The molecule has 1 amide bonds. The quantitative estimate of drug-likeness (QED) is 0.920. The van der Waals surface area contributed by atoms with Crippen molar-refractivity contribution >= 4 is 17.0 Å². The Morgan fingerprint density at radius 3 is 2.80 bits per heavy atom. The lowest BCUT2D eigenvalue weighted by Crippen LogP contribution is -2.38. The minimum absolute atomic E-state index is 0.0710. The van der Waals surface area contributed by atoms with Crippen LogP contribution in [0.3, 0.4) is 0 Å². The zero-order valence-corrected chi connectivity index (χ0v) is 15.5. The molecule has 0 aliphatic heterocycles. The number of hydrogen-bond donors (Lipinski definition) is 1. The number of pyridine rings is 1. The second-order valence-corrected chi connectivity index (χ2v) is 7.50. The van der Waals surface area contributed by atoms with Crippen molar-refractivity contribution in [3.63, 3.8) is 0 Å². The molecule has 25 heavy (non-hydrogen) atoms. The Kier molecular flexibility index (Phi) is 5.08.